The number of carbonyl (C=O) groups is 1. The van der Waals surface area contributed by atoms with Crippen LogP contribution in [0.15, 0.2) is 16.1 Å². The third kappa shape index (κ3) is 2.61. The smallest absolute Gasteiger partial charge is 0.267 e. The highest BCUT2D eigenvalue weighted by Gasteiger charge is 2.30. The lowest BCUT2D eigenvalue weighted by atomic mass is 9.87. The molecule has 0 saturated carbocycles. The Balaban J connectivity index is 2.33. The molecule has 1 aliphatic rings. The maximum Gasteiger partial charge on any atom is 0.267 e. The fourth-order valence-electron chi connectivity index (χ4n) is 2.11. The average Bonchev–Trinajstić information content (AvgIpc) is 2.84. The highest BCUT2D eigenvalue weighted by Crippen LogP contribution is 2.24. The molecule has 0 aliphatic carbocycles. The number of aromatic nitrogens is 2. The second-order valence-corrected chi connectivity index (χ2v) is 7.28. The van der Waals surface area contributed by atoms with Crippen LogP contribution < -0.4 is 5.56 Å². The summed E-state index contributed by atoms with van der Waals surface area (Å²) in [6, 6.07) is 0.0297. The van der Waals surface area contributed by atoms with Crippen LogP contribution in [0.25, 0.3) is 0 Å². The summed E-state index contributed by atoms with van der Waals surface area (Å²) in [6.45, 7) is 8.85. The fraction of sp³-hybridized carbons (Fsp3) is 0.643. The Bertz CT molecular complexity index is 589. The molecule has 110 valence electrons. The molecule has 0 radical (unpaired) electrons. The summed E-state index contributed by atoms with van der Waals surface area (Å²) < 4.78 is 1.59. The molecule has 6 heteroatoms. The van der Waals surface area contributed by atoms with E-state index >= 15 is 0 Å². The predicted octanol–water partition coefficient (Wildman–Crippen LogP) is 1.86. The molecule has 1 atom stereocenters. The number of hydrogen-bond acceptors (Lipinski definition) is 4. The van der Waals surface area contributed by atoms with Gasteiger partial charge in [0, 0.05) is 31.6 Å². The molecule has 5 nitrogen and oxygen atoms in total. The van der Waals surface area contributed by atoms with Gasteiger partial charge >= 0.3 is 0 Å². The number of rotatable bonds is 2. The Morgan fingerprint density at radius 1 is 1.50 bits per heavy atom. The minimum atomic E-state index is -0.253. The van der Waals surface area contributed by atoms with Crippen molar-refractivity contribution in [1.82, 2.24) is 14.5 Å². The zero-order valence-electron chi connectivity index (χ0n) is 12.6. The van der Waals surface area contributed by atoms with Gasteiger partial charge in [-0.15, -0.1) is 0 Å². The van der Waals surface area contributed by atoms with Gasteiger partial charge in [0.2, 0.25) is 0 Å². The molecule has 0 aromatic carbocycles. The molecular formula is C14H21N3O2S. The number of thioether (sulfide) groups is 1. The molecule has 1 amide bonds. The molecule has 1 unspecified atom stereocenters. The lowest BCUT2D eigenvalue weighted by Crippen LogP contribution is -2.45. The van der Waals surface area contributed by atoms with Gasteiger partial charge in [-0.3, -0.25) is 14.2 Å². The summed E-state index contributed by atoms with van der Waals surface area (Å²) in [5.41, 5.74) is -0.103. The van der Waals surface area contributed by atoms with Crippen molar-refractivity contribution in [1.29, 1.82) is 0 Å². The van der Waals surface area contributed by atoms with Gasteiger partial charge in [0.15, 0.2) is 5.16 Å². The van der Waals surface area contributed by atoms with E-state index in [1.165, 1.54) is 6.20 Å². The first-order chi connectivity index (χ1) is 9.23. The minimum absolute atomic E-state index is 0.0297. The Morgan fingerprint density at radius 2 is 2.15 bits per heavy atom. The highest BCUT2D eigenvalue weighted by atomic mass is 32.2. The third-order valence-corrected chi connectivity index (χ3v) is 4.91. The van der Waals surface area contributed by atoms with Crippen molar-refractivity contribution in [2.45, 2.75) is 45.4 Å². The molecule has 1 aromatic heterocycles. The van der Waals surface area contributed by atoms with Crippen LogP contribution in [0.5, 0.6) is 0 Å². The van der Waals surface area contributed by atoms with E-state index in [0.29, 0.717) is 11.7 Å². The monoisotopic (exact) mass is 295 g/mol. The SMILES string of the molecule is CC(N(C)C(=O)c1cnc2n(c1=O)CCS2)C(C)(C)C. The van der Waals surface area contributed by atoms with Crippen molar-refractivity contribution in [3.05, 3.63) is 22.1 Å². The normalized spacial score (nSPS) is 15.8. The first-order valence-corrected chi connectivity index (χ1v) is 7.72. The largest absolute Gasteiger partial charge is 0.338 e. The summed E-state index contributed by atoms with van der Waals surface area (Å²) in [4.78, 5) is 30.7. The van der Waals surface area contributed by atoms with Crippen LogP contribution in [0.1, 0.15) is 38.1 Å². The quantitative estimate of drug-likeness (QED) is 0.781. The molecule has 20 heavy (non-hydrogen) atoms. The van der Waals surface area contributed by atoms with Crippen LogP contribution in [-0.2, 0) is 6.54 Å². The van der Waals surface area contributed by atoms with Crippen LogP contribution in [0.4, 0.5) is 0 Å². The zero-order valence-corrected chi connectivity index (χ0v) is 13.5. The Morgan fingerprint density at radius 3 is 2.75 bits per heavy atom. The van der Waals surface area contributed by atoms with Crippen molar-refractivity contribution >= 4 is 17.7 Å². The van der Waals surface area contributed by atoms with E-state index in [-0.39, 0.29) is 28.5 Å². The van der Waals surface area contributed by atoms with E-state index in [1.807, 2.05) is 6.92 Å². The maximum absolute atomic E-state index is 12.5. The number of amides is 1. The highest BCUT2D eigenvalue weighted by molar-refractivity contribution is 7.99. The topological polar surface area (TPSA) is 55.2 Å². The van der Waals surface area contributed by atoms with E-state index in [0.717, 1.165) is 5.75 Å². The minimum Gasteiger partial charge on any atom is -0.338 e. The van der Waals surface area contributed by atoms with Crippen LogP contribution >= 0.6 is 11.8 Å². The van der Waals surface area contributed by atoms with Crippen LogP contribution in [-0.4, -0.2) is 39.2 Å². The van der Waals surface area contributed by atoms with Crippen molar-refractivity contribution in [3.8, 4) is 0 Å². The van der Waals surface area contributed by atoms with Gasteiger partial charge in [0.05, 0.1) is 0 Å². The fourth-order valence-corrected chi connectivity index (χ4v) is 3.02. The first kappa shape index (κ1) is 15.1. The van der Waals surface area contributed by atoms with E-state index in [1.54, 1.807) is 28.3 Å². The first-order valence-electron chi connectivity index (χ1n) is 6.73. The average molecular weight is 295 g/mol. The molecule has 0 bridgehead atoms. The maximum atomic E-state index is 12.5. The molecule has 0 saturated heterocycles. The van der Waals surface area contributed by atoms with E-state index < -0.39 is 0 Å². The lowest BCUT2D eigenvalue weighted by Gasteiger charge is -2.35. The van der Waals surface area contributed by atoms with Crippen LogP contribution in [0, 0.1) is 5.41 Å². The van der Waals surface area contributed by atoms with Crippen LogP contribution in [0.3, 0.4) is 0 Å². The molecule has 0 spiro atoms. The number of nitrogens with zero attached hydrogens (tertiary/aromatic N) is 3. The van der Waals surface area contributed by atoms with Crippen molar-refractivity contribution in [2.24, 2.45) is 5.41 Å². The van der Waals surface area contributed by atoms with E-state index in [9.17, 15) is 9.59 Å². The third-order valence-electron chi connectivity index (χ3n) is 3.94. The Hall–Kier alpha value is -1.30. The van der Waals surface area contributed by atoms with Gasteiger partial charge in [0.1, 0.15) is 5.56 Å². The lowest BCUT2D eigenvalue weighted by molar-refractivity contribution is 0.0626. The van der Waals surface area contributed by atoms with Crippen molar-refractivity contribution in [3.63, 3.8) is 0 Å². The van der Waals surface area contributed by atoms with Crippen LogP contribution in [0.2, 0.25) is 0 Å². The molecule has 0 fully saturated rings. The van der Waals surface area contributed by atoms with E-state index in [2.05, 4.69) is 25.8 Å². The summed E-state index contributed by atoms with van der Waals surface area (Å²) in [5, 5.41) is 0.707. The summed E-state index contributed by atoms with van der Waals surface area (Å²) in [6.07, 6.45) is 1.42. The Labute approximate surface area is 123 Å². The van der Waals surface area contributed by atoms with Gasteiger partial charge < -0.3 is 4.90 Å². The summed E-state index contributed by atoms with van der Waals surface area (Å²) in [5.74, 6) is 0.589. The van der Waals surface area contributed by atoms with Gasteiger partial charge in [-0.2, -0.15) is 0 Å². The molecular weight excluding hydrogens is 274 g/mol. The second kappa shape index (κ2) is 5.24. The Kier molecular flexibility index (Phi) is 3.95. The molecule has 0 N–H and O–H groups in total. The number of fused-ring (bicyclic) bond motifs is 1. The molecule has 1 aromatic rings. The standard InChI is InChI=1S/C14H21N3O2S/c1-9(14(2,3)4)16(5)11(18)10-8-15-13-17(12(10)19)6-7-20-13/h8-9H,6-7H2,1-5H3. The molecule has 2 heterocycles. The van der Waals surface area contributed by atoms with Gasteiger partial charge in [0.25, 0.3) is 11.5 Å². The van der Waals surface area contributed by atoms with Gasteiger partial charge in [-0.05, 0) is 12.3 Å². The summed E-state index contributed by atoms with van der Waals surface area (Å²) >= 11 is 1.55. The summed E-state index contributed by atoms with van der Waals surface area (Å²) in [7, 11) is 1.74. The zero-order chi connectivity index (χ0) is 15.1. The number of carbonyl (C=O) groups excluding carboxylic acids is 1. The van der Waals surface area contributed by atoms with Crippen molar-refractivity contribution < 1.29 is 4.79 Å². The number of hydrogen-bond donors (Lipinski definition) is 0. The second-order valence-electron chi connectivity index (χ2n) is 6.22. The molecule has 1 aliphatic heterocycles. The van der Waals surface area contributed by atoms with Crippen molar-refractivity contribution in [2.75, 3.05) is 12.8 Å². The van der Waals surface area contributed by atoms with E-state index in [4.69, 9.17) is 0 Å². The van der Waals surface area contributed by atoms with Gasteiger partial charge in [-0.25, -0.2) is 4.98 Å². The predicted molar refractivity (Wildman–Crippen MR) is 80.2 cm³/mol. The molecule has 2 rings (SSSR count). The van der Waals surface area contributed by atoms with Gasteiger partial charge in [-0.1, -0.05) is 32.5 Å².